The second-order valence-corrected chi connectivity index (χ2v) is 6.00. The van der Waals surface area contributed by atoms with Crippen molar-refractivity contribution >= 4 is 17.8 Å². The molecule has 0 saturated heterocycles. The van der Waals surface area contributed by atoms with Crippen molar-refractivity contribution in [1.82, 2.24) is 15.1 Å². The fourth-order valence-electron chi connectivity index (χ4n) is 2.90. The summed E-state index contributed by atoms with van der Waals surface area (Å²) in [4.78, 5) is 24.3. The van der Waals surface area contributed by atoms with Crippen LogP contribution in [0.25, 0.3) is 6.08 Å². The van der Waals surface area contributed by atoms with E-state index >= 15 is 0 Å². The summed E-state index contributed by atoms with van der Waals surface area (Å²) in [6.07, 6.45) is 6.93. The van der Waals surface area contributed by atoms with Gasteiger partial charge in [0, 0.05) is 24.3 Å². The molecular weight excluding hydrogens is 292 g/mol. The Balaban J connectivity index is 2.06. The third-order valence-electron chi connectivity index (χ3n) is 4.36. The number of rotatable bonds is 5. The minimum atomic E-state index is -1.29. The van der Waals surface area contributed by atoms with E-state index in [0.717, 1.165) is 42.6 Å². The van der Waals surface area contributed by atoms with E-state index in [9.17, 15) is 9.59 Å². The standard InChI is InChI=1S/C17H22N4O2/c1-11-14(12(2)21(3)20-11)8-9-16(22)15(10-18)17(23)19-13-6-4-5-7-13/h8-9,13,15H,4-7H2,1-3H3,(H,19,23)/b9-8-/t15-/m0/s1. The lowest BCUT2D eigenvalue weighted by Crippen LogP contribution is -2.39. The van der Waals surface area contributed by atoms with Gasteiger partial charge in [0.2, 0.25) is 5.91 Å². The van der Waals surface area contributed by atoms with Crippen LogP contribution in [0.2, 0.25) is 0 Å². The zero-order valence-electron chi connectivity index (χ0n) is 13.8. The highest BCUT2D eigenvalue weighted by Crippen LogP contribution is 2.18. The molecule has 0 aliphatic heterocycles. The highest BCUT2D eigenvalue weighted by molar-refractivity contribution is 6.10. The molecule has 0 unspecified atom stereocenters. The van der Waals surface area contributed by atoms with Crippen LogP contribution < -0.4 is 5.32 Å². The minimum Gasteiger partial charge on any atom is -0.352 e. The molecule has 1 aromatic rings. The summed E-state index contributed by atoms with van der Waals surface area (Å²) >= 11 is 0. The van der Waals surface area contributed by atoms with Crippen LogP contribution in [0.5, 0.6) is 0 Å². The summed E-state index contributed by atoms with van der Waals surface area (Å²) in [5.74, 6) is -2.27. The van der Waals surface area contributed by atoms with Gasteiger partial charge in [-0.05, 0) is 38.8 Å². The van der Waals surface area contributed by atoms with Crippen LogP contribution >= 0.6 is 0 Å². The molecule has 6 nitrogen and oxygen atoms in total. The molecule has 2 rings (SSSR count). The number of hydrogen-bond donors (Lipinski definition) is 1. The van der Waals surface area contributed by atoms with E-state index in [2.05, 4.69) is 10.4 Å². The van der Waals surface area contributed by atoms with Crippen molar-refractivity contribution in [2.75, 3.05) is 0 Å². The van der Waals surface area contributed by atoms with Gasteiger partial charge in [-0.25, -0.2) is 0 Å². The molecule has 1 atom stereocenters. The Morgan fingerprint density at radius 2 is 2.04 bits per heavy atom. The number of nitriles is 1. The first-order chi connectivity index (χ1) is 10.9. The van der Waals surface area contributed by atoms with Crippen molar-refractivity contribution in [3.05, 3.63) is 23.0 Å². The van der Waals surface area contributed by atoms with Gasteiger partial charge in [0.25, 0.3) is 0 Å². The second-order valence-electron chi connectivity index (χ2n) is 6.00. The zero-order valence-corrected chi connectivity index (χ0v) is 13.8. The van der Waals surface area contributed by atoms with Crippen LogP contribution in [-0.4, -0.2) is 27.5 Å². The summed E-state index contributed by atoms with van der Waals surface area (Å²) in [6.45, 7) is 3.75. The van der Waals surface area contributed by atoms with Gasteiger partial charge in [0.05, 0.1) is 11.8 Å². The molecule has 1 aliphatic carbocycles. The third-order valence-corrected chi connectivity index (χ3v) is 4.36. The van der Waals surface area contributed by atoms with E-state index in [-0.39, 0.29) is 6.04 Å². The number of carbonyl (C=O) groups excluding carboxylic acids is 2. The van der Waals surface area contributed by atoms with Crippen LogP contribution in [0.3, 0.4) is 0 Å². The normalized spacial score (nSPS) is 16.4. The smallest absolute Gasteiger partial charge is 0.245 e. The Morgan fingerprint density at radius 3 is 2.57 bits per heavy atom. The summed E-state index contributed by atoms with van der Waals surface area (Å²) in [6, 6.07) is 1.91. The van der Waals surface area contributed by atoms with Gasteiger partial charge in [0.1, 0.15) is 0 Å². The number of hydrogen-bond acceptors (Lipinski definition) is 4. The SMILES string of the molecule is Cc1nn(C)c(C)c1/C=C\C(=O)[C@H](C#N)C(=O)NC1CCCC1. The number of ketones is 1. The predicted molar refractivity (Wildman–Crippen MR) is 86.2 cm³/mol. The first kappa shape index (κ1) is 16.9. The van der Waals surface area contributed by atoms with Gasteiger partial charge in [-0.1, -0.05) is 12.8 Å². The summed E-state index contributed by atoms with van der Waals surface area (Å²) in [7, 11) is 1.83. The van der Waals surface area contributed by atoms with Crippen molar-refractivity contribution in [2.45, 2.75) is 45.6 Å². The molecular formula is C17H22N4O2. The molecule has 1 heterocycles. The fourth-order valence-corrected chi connectivity index (χ4v) is 2.90. The van der Waals surface area contributed by atoms with E-state index in [0.29, 0.717) is 0 Å². The number of aromatic nitrogens is 2. The van der Waals surface area contributed by atoms with E-state index in [1.807, 2.05) is 27.0 Å². The van der Waals surface area contributed by atoms with Crippen LogP contribution in [0.4, 0.5) is 0 Å². The number of nitrogens with zero attached hydrogens (tertiary/aromatic N) is 3. The maximum Gasteiger partial charge on any atom is 0.245 e. The van der Waals surface area contributed by atoms with Crippen molar-refractivity contribution in [3.8, 4) is 6.07 Å². The number of aryl methyl sites for hydroxylation is 2. The largest absolute Gasteiger partial charge is 0.352 e. The summed E-state index contributed by atoms with van der Waals surface area (Å²) in [5.41, 5.74) is 2.57. The molecule has 0 radical (unpaired) electrons. The highest BCUT2D eigenvalue weighted by atomic mass is 16.2. The fraction of sp³-hybridized carbons (Fsp3) is 0.529. The molecule has 0 bridgehead atoms. The maximum atomic E-state index is 12.2. The highest BCUT2D eigenvalue weighted by Gasteiger charge is 2.27. The Hall–Kier alpha value is -2.42. The molecule has 1 N–H and O–H groups in total. The van der Waals surface area contributed by atoms with E-state index < -0.39 is 17.6 Å². The number of allylic oxidation sites excluding steroid dienone is 1. The van der Waals surface area contributed by atoms with Crippen molar-refractivity contribution in [3.63, 3.8) is 0 Å². The number of nitrogens with one attached hydrogen (secondary N) is 1. The molecule has 1 aromatic heterocycles. The molecule has 122 valence electrons. The lowest BCUT2D eigenvalue weighted by Gasteiger charge is -2.13. The molecule has 23 heavy (non-hydrogen) atoms. The third kappa shape index (κ3) is 3.86. The first-order valence-electron chi connectivity index (χ1n) is 7.86. The molecule has 1 amide bonds. The molecule has 0 spiro atoms. The average molecular weight is 314 g/mol. The quantitative estimate of drug-likeness (QED) is 0.663. The average Bonchev–Trinajstić information content (AvgIpc) is 3.08. The first-order valence-corrected chi connectivity index (χ1v) is 7.86. The minimum absolute atomic E-state index is 0.0953. The Kier molecular flexibility index (Phi) is 5.32. The molecule has 1 saturated carbocycles. The monoisotopic (exact) mass is 314 g/mol. The Morgan fingerprint density at radius 1 is 1.39 bits per heavy atom. The van der Waals surface area contributed by atoms with Gasteiger partial charge >= 0.3 is 0 Å². The van der Waals surface area contributed by atoms with E-state index in [1.54, 1.807) is 10.8 Å². The lowest BCUT2D eigenvalue weighted by molar-refractivity contribution is -0.129. The van der Waals surface area contributed by atoms with Crippen molar-refractivity contribution < 1.29 is 9.59 Å². The predicted octanol–water partition coefficient (Wildman–Crippen LogP) is 1.82. The van der Waals surface area contributed by atoms with Crippen LogP contribution in [-0.2, 0) is 16.6 Å². The van der Waals surface area contributed by atoms with E-state index in [1.165, 1.54) is 6.08 Å². The topological polar surface area (TPSA) is 87.8 Å². The second kappa shape index (κ2) is 7.23. The summed E-state index contributed by atoms with van der Waals surface area (Å²) in [5, 5.41) is 16.2. The Labute approximate surface area is 136 Å². The Bertz CT molecular complexity index is 676. The van der Waals surface area contributed by atoms with Crippen LogP contribution in [0.1, 0.15) is 42.6 Å². The zero-order chi connectivity index (χ0) is 17.0. The number of carbonyl (C=O) groups is 2. The van der Waals surface area contributed by atoms with Crippen molar-refractivity contribution in [1.29, 1.82) is 5.26 Å². The van der Waals surface area contributed by atoms with Crippen LogP contribution in [0.15, 0.2) is 6.08 Å². The van der Waals surface area contributed by atoms with E-state index in [4.69, 9.17) is 5.26 Å². The van der Waals surface area contributed by atoms with Gasteiger partial charge in [-0.15, -0.1) is 0 Å². The summed E-state index contributed by atoms with van der Waals surface area (Å²) < 4.78 is 1.73. The molecule has 0 aromatic carbocycles. The lowest BCUT2D eigenvalue weighted by atomic mass is 10.0. The van der Waals surface area contributed by atoms with Gasteiger partial charge in [-0.2, -0.15) is 10.4 Å². The van der Waals surface area contributed by atoms with Gasteiger partial charge in [-0.3, -0.25) is 14.3 Å². The van der Waals surface area contributed by atoms with Crippen LogP contribution in [0, 0.1) is 31.1 Å². The maximum absolute atomic E-state index is 12.2. The van der Waals surface area contributed by atoms with Gasteiger partial charge in [0.15, 0.2) is 11.7 Å². The molecule has 1 aliphatic rings. The van der Waals surface area contributed by atoms with Gasteiger partial charge < -0.3 is 5.32 Å². The molecule has 6 heteroatoms. The van der Waals surface area contributed by atoms with Crippen molar-refractivity contribution in [2.24, 2.45) is 13.0 Å². The number of amides is 1. The molecule has 1 fully saturated rings.